The molecule has 0 unspecified atom stereocenters. The number of nitrogens with zero attached hydrogens (tertiary/aromatic N) is 4. The second kappa shape index (κ2) is 9.08. The minimum atomic E-state index is -0.0523. The summed E-state index contributed by atoms with van der Waals surface area (Å²) in [5.41, 5.74) is 6.81. The molecule has 33 heavy (non-hydrogen) atoms. The molecular formula is C26H24BrN5S. The number of pyridine rings is 2. The van der Waals surface area contributed by atoms with Crippen molar-refractivity contribution in [2.24, 2.45) is 0 Å². The first-order chi connectivity index (χ1) is 16.0. The van der Waals surface area contributed by atoms with Crippen molar-refractivity contribution in [3.63, 3.8) is 0 Å². The highest BCUT2D eigenvalue weighted by molar-refractivity contribution is 9.10. The van der Waals surface area contributed by atoms with Crippen LogP contribution in [0.15, 0.2) is 83.7 Å². The maximum atomic E-state index is 5.84. The Labute approximate surface area is 207 Å². The van der Waals surface area contributed by atoms with Crippen LogP contribution in [0.5, 0.6) is 0 Å². The first-order valence-corrected chi connectivity index (χ1v) is 12.1. The van der Waals surface area contributed by atoms with E-state index < -0.39 is 0 Å². The Bertz CT molecular complexity index is 1290. The molecule has 1 fully saturated rings. The first-order valence-electron chi connectivity index (χ1n) is 10.9. The quantitative estimate of drug-likeness (QED) is 0.338. The van der Waals surface area contributed by atoms with Crippen molar-refractivity contribution < 1.29 is 0 Å². The van der Waals surface area contributed by atoms with Crippen molar-refractivity contribution in [1.29, 1.82) is 0 Å². The lowest BCUT2D eigenvalue weighted by atomic mass is 9.96. The van der Waals surface area contributed by atoms with Crippen LogP contribution < -0.4 is 5.32 Å². The van der Waals surface area contributed by atoms with Gasteiger partial charge >= 0.3 is 0 Å². The normalized spacial score (nSPS) is 17.9. The van der Waals surface area contributed by atoms with Gasteiger partial charge < -0.3 is 14.8 Å². The molecule has 0 aliphatic carbocycles. The Kier molecular flexibility index (Phi) is 6.00. The molecule has 5 nitrogen and oxygen atoms in total. The second-order valence-corrected chi connectivity index (χ2v) is 9.47. The molecule has 0 radical (unpaired) electrons. The van der Waals surface area contributed by atoms with Crippen molar-refractivity contribution >= 4 is 33.3 Å². The van der Waals surface area contributed by atoms with Gasteiger partial charge in [-0.3, -0.25) is 9.97 Å². The lowest BCUT2D eigenvalue weighted by molar-refractivity contribution is 0.310. The minimum absolute atomic E-state index is 0.00459. The summed E-state index contributed by atoms with van der Waals surface area (Å²) >= 11 is 9.57. The predicted molar refractivity (Wildman–Crippen MR) is 138 cm³/mol. The molecule has 0 saturated carbocycles. The summed E-state index contributed by atoms with van der Waals surface area (Å²) in [5, 5.41) is 4.28. The van der Waals surface area contributed by atoms with E-state index in [1.54, 1.807) is 6.20 Å². The molecular weight excluding hydrogens is 494 g/mol. The van der Waals surface area contributed by atoms with E-state index >= 15 is 0 Å². The Hall–Kier alpha value is -3.03. The van der Waals surface area contributed by atoms with E-state index in [1.165, 1.54) is 17.0 Å². The van der Waals surface area contributed by atoms with Gasteiger partial charge in [-0.15, -0.1) is 0 Å². The average Bonchev–Trinajstić information content (AvgIpc) is 3.30. The summed E-state index contributed by atoms with van der Waals surface area (Å²) in [7, 11) is 0. The molecule has 1 N–H and O–H groups in total. The molecule has 4 aromatic rings. The number of aromatic nitrogens is 3. The number of aryl methyl sites for hydroxylation is 1. The van der Waals surface area contributed by atoms with Crippen LogP contribution in [0.4, 0.5) is 0 Å². The highest BCUT2D eigenvalue weighted by atomic mass is 79.9. The zero-order chi connectivity index (χ0) is 22.9. The van der Waals surface area contributed by atoms with Crippen molar-refractivity contribution in [3.05, 3.63) is 112 Å². The fourth-order valence-electron chi connectivity index (χ4n) is 4.69. The predicted octanol–water partition coefficient (Wildman–Crippen LogP) is 5.82. The van der Waals surface area contributed by atoms with Crippen LogP contribution in [-0.4, -0.2) is 24.5 Å². The number of halogens is 1. The van der Waals surface area contributed by atoms with E-state index in [1.807, 2.05) is 36.7 Å². The van der Waals surface area contributed by atoms with Crippen molar-refractivity contribution in [2.45, 2.75) is 32.5 Å². The highest BCUT2D eigenvalue weighted by Crippen LogP contribution is 2.42. The molecule has 1 aliphatic heterocycles. The van der Waals surface area contributed by atoms with Crippen LogP contribution in [-0.2, 0) is 6.54 Å². The zero-order valence-corrected chi connectivity index (χ0v) is 20.8. The van der Waals surface area contributed by atoms with Crippen molar-refractivity contribution in [2.75, 3.05) is 0 Å². The molecule has 0 amide bonds. The fraction of sp³-hybridized carbons (Fsp3) is 0.192. The molecule has 1 aromatic carbocycles. The van der Waals surface area contributed by atoms with Gasteiger partial charge in [0, 0.05) is 41.0 Å². The van der Waals surface area contributed by atoms with Gasteiger partial charge in [-0.2, -0.15) is 0 Å². The third-order valence-electron chi connectivity index (χ3n) is 6.16. The van der Waals surface area contributed by atoms with E-state index in [-0.39, 0.29) is 12.1 Å². The van der Waals surface area contributed by atoms with Crippen molar-refractivity contribution in [3.8, 4) is 5.69 Å². The monoisotopic (exact) mass is 517 g/mol. The molecule has 0 spiro atoms. The number of hydrogen-bond acceptors (Lipinski definition) is 3. The zero-order valence-electron chi connectivity index (χ0n) is 18.4. The van der Waals surface area contributed by atoms with E-state index in [0.717, 1.165) is 26.5 Å². The Morgan fingerprint density at radius 2 is 1.85 bits per heavy atom. The summed E-state index contributed by atoms with van der Waals surface area (Å²) in [6.45, 7) is 5.01. The summed E-state index contributed by atoms with van der Waals surface area (Å²) in [6, 6.07) is 20.6. The van der Waals surface area contributed by atoms with Crippen LogP contribution in [0.2, 0.25) is 0 Å². The summed E-state index contributed by atoms with van der Waals surface area (Å²) < 4.78 is 3.37. The summed E-state index contributed by atoms with van der Waals surface area (Å²) in [5.74, 6) is 0. The minimum Gasteiger partial charge on any atom is -0.352 e. The second-order valence-electron chi connectivity index (χ2n) is 8.23. The molecule has 0 bridgehead atoms. The Morgan fingerprint density at radius 3 is 2.58 bits per heavy atom. The SMILES string of the molecule is Cc1cc([C@H]2[C@H](c3ccccn3)NC(=S)N2Cc2cccnc2)c(C)n1-c1ccccc1Br. The van der Waals surface area contributed by atoms with Gasteiger partial charge in [0.1, 0.15) is 0 Å². The van der Waals surface area contributed by atoms with Gasteiger partial charge in [-0.05, 0) is 89.5 Å². The van der Waals surface area contributed by atoms with Crippen LogP contribution in [0, 0.1) is 13.8 Å². The van der Waals surface area contributed by atoms with Crippen LogP contribution in [0.1, 0.15) is 40.3 Å². The third kappa shape index (κ3) is 4.07. The van der Waals surface area contributed by atoms with Crippen molar-refractivity contribution in [1.82, 2.24) is 24.8 Å². The highest BCUT2D eigenvalue weighted by Gasteiger charge is 2.41. The van der Waals surface area contributed by atoms with Crippen LogP contribution in [0.3, 0.4) is 0 Å². The number of benzene rings is 1. The van der Waals surface area contributed by atoms with E-state index in [9.17, 15) is 0 Å². The van der Waals surface area contributed by atoms with Gasteiger partial charge in [0.25, 0.3) is 0 Å². The maximum Gasteiger partial charge on any atom is 0.170 e. The summed E-state index contributed by atoms with van der Waals surface area (Å²) in [6.07, 6.45) is 5.53. The topological polar surface area (TPSA) is 46.0 Å². The van der Waals surface area contributed by atoms with Crippen LogP contribution in [0.25, 0.3) is 5.69 Å². The molecule has 2 atom stereocenters. The number of hydrogen-bond donors (Lipinski definition) is 1. The Balaban J connectivity index is 1.63. The molecule has 1 saturated heterocycles. The smallest absolute Gasteiger partial charge is 0.170 e. The largest absolute Gasteiger partial charge is 0.352 e. The molecule has 5 rings (SSSR count). The maximum absolute atomic E-state index is 5.84. The number of thiocarbonyl (C=S) groups is 1. The number of nitrogens with one attached hydrogen (secondary N) is 1. The fourth-order valence-corrected chi connectivity index (χ4v) is 5.46. The lowest BCUT2D eigenvalue weighted by Gasteiger charge is -2.28. The molecule has 3 aromatic heterocycles. The van der Waals surface area contributed by atoms with Crippen LogP contribution >= 0.6 is 28.1 Å². The molecule has 7 heteroatoms. The first kappa shape index (κ1) is 21.8. The molecule has 166 valence electrons. The third-order valence-corrected chi connectivity index (χ3v) is 7.18. The van der Waals surface area contributed by atoms with Gasteiger partial charge in [0.2, 0.25) is 0 Å². The number of rotatable bonds is 5. The van der Waals surface area contributed by atoms with Gasteiger partial charge in [0.15, 0.2) is 5.11 Å². The van der Waals surface area contributed by atoms with E-state index in [0.29, 0.717) is 6.54 Å². The Morgan fingerprint density at radius 1 is 1.03 bits per heavy atom. The van der Waals surface area contributed by atoms with Gasteiger partial charge in [-0.1, -0.05) is 24.3 Å². The standard InChI is InChI=1S/C26H24BrN5S/c1-17-14-20(18(2)32(17)23-11-4-3-9-21(23)27)25-24(22-10-5-6-13-29-22)30-26(33)31(25)16-19-8-7-12-28-15-19/h3-15,24-25H,16H2,1-2H3,(H,30,33)/t24-,25-/m0/s1. The van der Waals surface area contributed by atoms with Gasteiger partial charge in [-0.25, -0.2) is 0 Å². The average molecular weight is 518 g/mol. The molecule has 1 aliphatic rings. The molecule has 4 heterocycles. The van der Waals surface area contributed by atoms with E-state index in [4.69, 9.17) is 12.2 Å². The summed E-state index contributed by atoms with van der Waals surface area (Å²) in [4.78, 5) is 11.2. The van der Waals surface area contributed by atoms with Gasteiger partial charge in [0.05, 0.1) is 23.5 Å². The van der Waals surface area contributed by atoms with E-state index in [2.05, 4.69) is 90.9 Å². The lowest BCUT2D eigenvalue weighted by Crippen LogP contribution is -2.29. The number of para-hydroxylation sites is 1.